The van der Waals surface area contributed by atoms with Gasteiger partial charge in [-0.15, -0.1) is 0 Å². The highest BCUT2D eigenvalue weighted by Gasteiger charge is 2.01. The molecule has 1 heterocycles. The molecule has 0 aliphatic carbocycles. The van der Waals surface area contributed by atoms with E-state index in [9.17, 15) is 0 Å². The van der Waals surface area contributed by atoms with Crippen molar-refractivity contribution in [2.24, 2.45) is 0 Å². The molecule has 0 amide bonds. The van der Waals surface area contributed by atoms with Gasteiger partial charge in [0.2, 0.25) is 5.95 Å². The topological polar surface area (TPSA) is 47.0 Å². The van der Waals surface area contributed by atoms with Crippen LogP contribution in [0.15, 0.2) is 35.1 Å². The number of halogens is 2. The van der Waals surface area contributed by atoms with Crippen LogP contribution in [0, 0.1) is 3.57 Å². The minimum Gasteiger partial charge on any atom is -0.497 e. The number of nitrogens with one attached hydrogen (secondary N) is 1. The van der Waals surface area contributed by atoms with Crippen molar-refractivity contribution in [3.63, 3.8) is 0 Å². The smallest absolute Gasteiger partial charge is 0.227 e. The number of anilines is 2. The molecule has 0 spiro atoms. The van der Waals surface area contributed by atoms with Crippen molar-refractivity contribution in [1.29, 1.82) is 0 Å². The number of aromatic nitrogens is 2. The van der Waals surface area contributed by atoms with Crippen LogP contribution in [0.5, 0.6) is 5.75 Å². The molecule has 0 aliphatic rings. The standard InChI is InChI=1S/C11H9BrIN3O/c1-17-10-3-7(12)2-9(4-10)16-11-14-5-8(13)6-15-11/h2-6H,1H3,(H,14,15,16). The Morgan fingerprint density at radius 3 is 2.59 bits per heavy atom. The number of nitrogens with zero attached hydrogens (tertiary/aromatic N) is 2. The van der Waals surface area contributed by atoms with Gasteiger partial charge in [-0.3, -0.25) is 0 Å². The van der Waals surface area contributed by atoms with Gasteiger partial charge in [0.15, 0.2) is 0 Å². The molecule has 1 aromatic carbocycles. The van der Waals surface area contributed by atoms with E-state index in [1.54, 1.807) is 19.5 Å². The van der Waals surface area contributed by atoms with Crippen LogP contribution in [0.2, 0.25) is 0 Å². The first-order chi connectivity index (χ1) is 8.17. The van der Waals surface area contributed by atoms with Crippen molar-refractivity contribution in [1.82, 2.24) is 9.97 Å². The fourth-order valence-corrected chi connectivity index (χ4v) is 2.01. The quantitative estimate of drug-likeness (QED) is 0.792. The highest BCUT2D eigenvalue weighted by molar-refractivity contribution is 14.1. The SMILES string of the molecule is COc1cc(Br)cc(Nc2ncc(I)cn2)c1. The molecule has 6 heteroatoms. The zero-order chi connectivity index (χ0) is 12.3. The lowest BCUT2D eigenvalue weighted by Crippen LogP contribution is -1.97. The molecule has 0 saturated heterocycles. The molecule has 88 valence electrons. The van der Waals surface area contributed by atoms with Gasteiger partial charge in [0, 0.05) is 32.2 Å². The lowest BCUT2D eigenvalue weighted by atomic mass is 10.3. The van der Waals surface area contributed by atoms with Crippen molar-refractivity contribution in [3.8, 4) is 5.75 Å². The Balaban J connectivity index is 2.23. The Labute approximate surface area is 121 Å². The summed E-state index contributed by atoms with van der Waals surface area (Å²) in [5.41, 5.74) is 0.873. The predicted molar refractivity (Wildman–Crippen MR) is 78.7 cm³/mol. The Hall–Kier alpha value is -0.890. The van der Waals surface area contributed by atoms with Crippen LogP contribution in [0.3, 0.4) is 0 Å². The summed E-state index contributed by atoms with van der Waals surface area (Å²) < 4.78 is 7.12. The van der Waals surface area contributed by atoms with E-state index in [1.807, 2.05) is 18.2 Å². The van der Waals surface area contributed by atoms with Crippen LogP contribution in [-0.4, -0.2) is 17.1 Å². The fourth-order valence-electron chi connectivity index (χ4n) is 1.26. The molecule has 1 aromatic heterocycles. The molecule has 17 heavy (non-hydrogen) atoms. The van der Waals surface area contributed by atoms with Crippen molar-refractivity contribution in [2.45, 2.75) is 0 Å². The second-order valence-electron chi connectivity index (χ2n) is 3.23. The van der Waals surface area contributed by atoms with Crippen molar-refractivity contribution < 1.29 is 4.74 Å². The van der Waals surface area contributed by atoms with Gasteiger partial charge < -0.3 is 10.1 Å². The first kappa shape index (κ1) is 12.6. The van der Waals surface area contributed by atoms with Crippen LogP contribution in [0.1, 0.15) is 0 Å². The zero-order valence-electron chi connectivity index (χ0n) is 8.95. The van der Waals surface area contributed by atoms with Gasteiger partial charge in [-0.25, -0.2) is 9.97 Å². The number of methoxy groups -OCH3 is 1. The second kappa shape index (κ2) is 5.63. The lowest BCUT2D eigenvalue weighted by molar-refractivity contribution is 0.415. The van der Waals surface area contributed by atoms with E-state index < -0.39 is 0 Å². The van der Waals surface area contributed by atoms with Crippen LogP contribution >= 0.6 is 38.5 Å². The van der Waals surface area contributed by atoms with Crippen molar-refractivity contribution >= 4 is 50.2 Å². The van der Waals surface area contributed by atoms with E-state index in [1.165, 1.54) is 0 Å². The third-order valence-electron chi connectivity index (χ3n) is 1.98. The zero-order valence-corrected chi connectivity index (χ0v) is 12.7. The van der Waals surface area contributed by atoms with Crippen LogP contribution in [-0.2, 0) is 0 Å². The van der Waals surface area contributed by atoms with Crippen LogP contribution < -0.4 is 10.1 Å². The number of hydrogen-bond donors (Lipinski definition) is 1. The summed E-state index contributed by atoms with van der Waals surface area (Å²) in [6.07, 6.45) is 3.51. The molecule has 0 aliphatic heterocycles. The molecule has 0 unspecified atom stereocenters. The highest BCUT2D eigenvalue weighted by atomic mass is 127. The highest BCUT2D eigenvalue weighted by Crippen LogP contribution is 2.25. The summed E-state index contributed by atoms with van der Waals surface area (Å²) in [5.74, 6) is 1.33. The number of benzene rings is 1. The Bertz CT molecular complexity index is 519. The molecule has 2 aromatic rings. The number of ether oxygens (including phenoxy) is 1. The van der Waals surface area contributed by atoms with E-state index in [0.29, 0.717) is 5.95 Å². The minimum absolute atomic E-state index is 0.561. The molecule has 0 bridgehead atoms. The van der Waals surface area contributed by atoms with Crippen molar-refractivity contribution in [3.05, 3.63) is 38.6 Å². The predicted octanol–water partition coefficient (Wildman–Crippen LogP) is 3.60. The molecular formula is C11H9BrIN3O. The van der Waals surface area contributed by atoms with Gasteiger partial charge in [0.25, 0.3) is 0 Å². The molecule has 4 nitrogen and oxygen atoms in total. The lowest BCUT2D eigenvalue weighted by Gasteiger charge is -2.07. The van der Waals surface area contributed by atoms with Crippen LogP contribution in [0.25, 0.3) is 0 Å². The van der Waals surface area contributed by atoms with Gasteiger partial charge in [0.1, 0.15) is 5.75 Å². The van der Waals surface area contributed by atoms with Gasteiger partial charge in [-0.2, -0.15) is 0 Å². The maximum Gasteiger partial charge on any atom is 0.227 e. The largest absolute Gasteiger partial charge is 0.497 e. The van der Waals surface area contributed by atoms with Gasteiger partial charge in [-0.1, -0.05) is 15.9 Å². The maximum atomic E-state index is 5.18. The van der Waals surface area contributed by atoms with E-state index in [0.717, 1.165) is 19.5 Å². The molecule has 0 atom stereocenters. The third-order valence-corrected chi connectivity index (χ3v) is 3.00. The maximum absolute atomic E-state index is 5.18. The normalized spacial score (nSPS) is 10.1. The average molecular weight is 406 g/mol. The first-order valence-electron chi connectivity index (χ1n) is 4.76. The van der Waals surface area contributed by atoms with Gasteiger partial charge >= 0.3 is 0 Å². The monoisotopic (exact) mass is 405 g/mol. The van der Waals surface area contributed by atoms with Gasteiger partial charge in [0.05, 0.1) is 7.11 Å². The molecule has 1 N–H and O–H groups in total. The van der Waals surface area contributed by atoms with E-state index in [2.05, 4.69) is 53.8 Å². The molecule has 0 saturated carbocycles. The molecule has 2 rings (SSSR count). The molecule has 0 radical (unpaired) electrons. The average Bonchev–Trinajstić information content (AvgIpc) is 2.31. The summed E-state index contributed by atoms with van der Waals surface area (Å²) in [6.45, 7) is 0. The van der Waals surface area contributed by atoms with Gasteiger partial charge in [-0.05, 0) is 34.7 Å². The summed E-state index contributed by atoms with van der Waals surface area (Å²) in [5, 5.41) is 3.11. The van der Waals surface area contributed by atoms with E-state index >= 15 is 0 Å². The Kier molecular flexibility index (Phi) is 4.16. The summed E-state index contributed by atoms with van der Waals surface area (Å²) in [7, 11) is 1.63. The number of hydrogen-bond acceptors (Lipinski definition) is 4. The Morgan fingerprint density at radius 1 is 1.24 bits per heavy atom. The number of rotatable bonds is 3. The second-order valence-corrected chi connectivity index (χ2v) is 5.39. The van der Waals surface area contributed by atoms with Crippen LogP contribution in [0.4, 0.5) is 11.6 Å². The summed E-state index contributed by atoms with van der Waals surface area (Å²) in [6, 6.07) is 5.70. The molecular weight excluding hydrogens is 397 g/mol. The molecule has 0 fully saturated rings. The van der Waals surface area contributed by atoms with E-state index in [-0.39, 0.29) is 0 Å². The fraction of sp³-hybridized carbons (Fsp3) is 0.0909. The summed E-state index contributed by atoms with van der Waals surface area (Å²) >= 11 is 5.58. The summed E-state index contributed by atoms with van der Waals surface area (Å²) in [4.78, 5) is 8.35. The van der Waals surface area contributed by atoms with E-state index in [4.69, 9.17) is 4.74 Å². The van der Waals surface area contributed by atoms with Crippen molar-refractivity contribution in [2.75, 3.05) is 12.4 Å². The first-order valence-corrected chi connectivity index (χ1v) is 6.64. The minimum atomic E-state index is 0.561. The third kappa shape index (κ3) is 3.53. The Morgan fingerprint density at radius 2 is 1.94 bits per heavy atom.